The Labute approximate surface area is 706 Å². The number of rotatable bonds is 22. The first-order valence-corrected chi connectivity index (χ1v) is 43.0. The zero-order valence-corrected chi connectivity index (χ0v) is 70.6. The predicted octanol–water partition coefficient (Wildman–Crippen LogP) is 32.2. The molecule has 2 aliphatic carbocycles. The van der Waals surface area contributed by atoms with E-state index in [4.69, 9.17) is 0 Å². The molecule has 0 saturated heterocycles. The van der Waals surface area contributed by atoms with E-state index in [1.807, 2.05) is 0 Å². The van der Waals surface area contributed by atoms with Gasteiger partial charge in [0.25, 0.3) is 0 Å². The third-order valence-electron chi connectivity index (χ3n) is 26.4. The van der Waals surface area contributed by atoms with Gasteiger partial charge in [-0.15, -0.1) is 0 Å². The van der Waals surface area contributed by atoms with Crippen LogP contribution in [0.2, 0.25) is 0 Å². The van der Waals surface area contributed by atoms with Crippen LogP contribution in [0.25, 0.3) is 89.0 Å². The maximum Gasteiger partial charge on any atom is 0.0467 e. The monoisotopic (exact) mass is 1540 g/mol. The number of hydrogen-bond donors (Lipinski definition) is 0. The van der Waals surface area contributed by atoms with Crippen molar-refractivity contribution in [2.75, 3.05) is 9.80 Å². The summed E-state index contributed by atoms with van der Waals surface area (Å²) in [4.78, 5) is 4.88. The van der Waals surface area contributed by atoms with Gasteiger partial charge >= 0.3 is 0 Å². The van der Waals surface area contributed by atoms with Gasteiger partial charge in [-0.1, -0.05) is 385 Å². The third-order valence-corrected chi connectivity index (χ3v) is 26.4. The van der Waals surface area contributed by atoms with Gasteiger partial charge in [0.1, 0.15) is 0 Å². The maximum absolute atomic E-state index is 2.59. The van der Waals surface area contributed by atoms with Gasteiger partial charge in [0.2, 0.25) is 0 Å². The second kappa shape index (κ2) is 31.9. The van der Waals surface area contributed by atoms with E-state index in [0.29, 0.717) is 0 Å². The number of benzene rings is 16. The smallest absolute Gasteiger partial charge is 0.0467 e. The van der Waals surface area contributed by atoms with Crippen LogP contribution in [-0.4, -0.2) is 0 Å². The quantitative estimate of drug-likeness (QED) is 0.0667. The highest BCUT2D eigenvalue weighted by Gasteiger charge is 2.56. The van der Waals surface area contributed by atoms with E-state index in [1.54, 1.807) is 0 Å². The van der Waals surface area contributed by atoms with E-state index in [-0.39, 0.29) is 27.1 Å². The number of aryl methyl sites for hydroxylation is 2. The molecule has 119 heavy (non-hydrogen) atoms. The predicted molar refractivity (Wildman–Crippen MR) is 507 cm³/mol. The molecule has 16 aromatic rings. The van der Waals surface area contributed by atoms with Crippen LogP contribution in [0.3, 0.4) is 0 Å². The number of hydrogen-bond acceptors (Lipinski definition) is 2. The van der Waals surface area contributed by atoms with Crippen molar-refractivity contribution in [2.45, 2.75) is 135 Å². The summed E-state index contributed by atoms with van der Waals surface area (Å²) in [6, 6.07) is 146. The molecular formula is C117H106N2. The van der Waals surface area contributed by atoms with Crippen LogP contribution in [0, 0.1) is 0 Å². The summed E-state index contributed by atoms with van der Waals surface area (Å²) in [5.41, 5.74) is 39.0. The van der Waals surface area contributed by atoms with Gasteiger partial charge in [0.15, 0.2) is 0 Å². The molecule has 0 unspecified atom stereocenters. The molecular weight excluding hydrogens is 1430 g/mol. The Kier molecular flexibility index (Phi) is 20.7. The minimum atomic E-state index is -0.214. The zero-order valence-electron chi connectivity index (χ0n) is 70.6. The summed E-state index contributed by atoms with van der Waals surface area (Å²) >= 11 is 0. The van der Waals surface area contributed by atoms with Crippen molar-refractivity contribution >= 4 is 34.1 Å². The van der Waals surface area contributed by atoms with Crippen LogP contribution in [0.1, 0.15) is 151 Å². The van der Waals surface area contributed by atoms with Gasteiger partial charge in [-0.05, 0) is 266 Å². The highest BCUT2D eigenvalue weighted by atomic mass is 15.1. The zero-order chi connectivity index (χ0) is 81.6. The normalized spacial score (nSPS) is 13.7. The van der Waals surface area contributed by atoms with Crippen LogP contribution in [0.5, 0.6) is 0 Å². The van der Waals surface area contributed by atoms with Gasteiger partial charge in [-0.25, -0.2) is 0 Å². The SMILES string of the molecule is CCCc1ccc(-c2ccc(N(c3ccc(-c4ccc(C(C)(C)c5ccc(-c6ccccc6)cc5)cc4)cc3)c3cccc(-c4ccc5c(c4)C4(CC5(C)C)CC(C)(C)c5ccc(-c6cccc(N(c7ccc(-c8ccc(CCC)cc8)cc7)c7ccc(-c8ccc(C(C)(C)c9ccc(-c%10ccccc%10)cc9)cc8)cc7)c6)cc54)c3)cc2)cc1. The highest BCUT2D eigenvalue weighted by molar-refractivity contribution is 5.86. The van der Waals surface area contributed by atoms with Crippen LogP contribution >= 0.6 is 0 Å². The van der Waals surface area contributed by atoms with Crippen LogP contribution in [0.15, 0.2) is 388 Å². The molecule has 0 amide bonds. The molecule has 0 atom stereocenters. The lowest BCUT2D eigenvalue weighted by atomic mass is 9.72. The van der Waals surface area contributed by atoms with Gasteiger partial charge in [-0.3, -0.25) is 0 Å². The standard InChI is InChI=1S/C117H106N2/c1-11-21-81-31-35-85(36-32-81)91-47-65-103(66-48-91)118(105-69-51-93(52-70-105)89-43-61-101(62-44-89)115(7,8)99-57-39-87(40-58-99)83-23-15-13-16-24-83)107-29-19-27-95(75-107)97-55-73-109-111(77-97)117(79-113(109,3)4)80-114(5,6)110-74-56-98(78-112(110)117)96-28-20-30-108(76-96)119(104-67-49-92(50-68-104)86-37-33-82(22-12-2)34-38-86)106-71-53-94(54-72-106)90-45-63-102(64-46-90)116(9,10)100-59-41-88(42-60-100)84-25-17-14-18-26-84/h13-20,23-78H,11-12,21-22,79-80H2,1-10H3. The Bertz CT molecular complexity index is 5860. The first-order chi connectivity index (χ1) is 57.8. The molecule has 0 fully saturated rings. The van der Waals surface area contributed by atoms with Crippen molar-refractivity contribution in [3.8, 4) is 89.0 Å². The molecule has 0 aliphatic heterocycles. The topological polar surface area (TPSA) is 6.48 Å². The highest BCUT2D eigenvalue weighted by Crippen LogP contribution is 2.64. The molecule has 0 saturated carbocycles. The van der Waals surface area contributed by atoms with Gasteiger partial charge < -0.3 is 9.80 Å². The van der Waals surface area contributed by atoms with E-state index in [2.05, 4.69) is 467 Å². The van der Waals surface area contributed by atoms with Crippen molar-refractivity contribution < 1.29 is 0 Å². The van der Waals surface area contributed by atoms with Crippen molar-refractivity contribution in [3.05, 3.63) is 444 Å². The van der Waals surface area contributed by atoms with Crippen molar-refractivity contribution in [3.63, 3.8) is 0 Å². The van der Waals surface area contributed by atoms with Crippen molar-refractivity contribution in [1.29, 1.82) is 0 Å². The van der Waals surface area contributed by atoms with Gasteiger partial charge in [0.05, 0.1) is 0 Å². The fourth-order valence-electron chi connectivity index (χ4n) is 19.7. The second-order valence-corrected chi connectivity index (χ2v) is 35.9. The molecule has 2 aliphatic rings. The molecule has 584 valence electrons. The Morgan fingerprint density at radius 1 is 0.218 bits per heavy atom. The molecule has 18 rings (SSSR count). The number of anilines is 6. The molecule has 16 aromatic carbocycles. The first-order valence-electron chi connectivity index (χ1n) is 43.0. The summed E-state index contributed by atoms with van der Waals surface area (Å²) in [6.07, 6.45) is 6.50. The van der Waals surface area contributed by atoms with E-state index >= 15 is 0 Å². The average Bonchev–Trinajstić information content (AvgIpc) is 1.52. The van der Waals surface area contributed by atoms with E-state index < -0.39 is 0 Å². The molecule has 0 bridgehead atoms. The fourth-order valence-corrected chi connectivity index (χ4v) is 19.7. The van der Waals surface area contributed by atoms with Gasteiger partial charge in [-0.2, -0.15) is 0 Å². The van der Waals surface area contributed by atoms with Crippen molar-refractivity contribution in [2.24, 2.45) is 0 Å². The number of nitrogens with zero attached hydrogens (tertiary/aromatic N) is 2. The summed E-state index contributed by atoms with van der Waals surface area (Å²) in [5, 5.41) is 0. The van der Waals surface area contributed by atoms with Crippen LogP contribution in [0.4, 0.5) is 34.1 Å². The fraction of sp³-hybridized carbons (Fsp3) is 0.179. The first kappa shape index (κ1) is 77.4. The lowest BCUT2D eigenvalue weighted by molar-refractivity contribution is 0.349. The maximum atomic E-state index is 2.59. The second-order valence-electron chi connectivity index (χ2n) is 35.9. The Hall–Kier alpha value is -12.9. The van der Waals surface area contributed by atoms with Crippen molar-refractivity contribution in [1.82, 2.24) is 0 Å². The Balaban J connectivity index is 0.658. The molecule has 0 radical (unpaired) electrons. The summed E-state index contributed by atoms with van der Waals surface area (Å²) < 4.78 is 0. The lowest BCUT2D eigenvalue weighted by Crippen LogP contribution is -2.27. The Morgan fingerprint density at radius 2 is 0.445 bits per heavy atom. The lowest BCUT2D eigenvalue weighted by Gasteiger charge is -2.31. The van der Waals surface area contributed by atoms with E-state index in [1.165, 1.54) is 145 Å². The summed E-state index contributed by atoms with van der Waals surface area (Å²) in [5.74, 6) is 0. The molecule has 0 N–H and O–H groups in total. The van der Waals surface area contributed by atoms with Gasteiger partial charge in [0, 0.05) is 50.4 Å². The average molecular weight is 1540 g/mol. The minimum Gasteiger partial charge on any atom is -0.310 e. The molecule has 1 spiro atoms. The number of fused-ring (bicyclic) bond motifs is 4. The van der Waals surface area contributed by atoms with E-state index in [0.717, 1.165) is 72.6 Å². The summed E-state index contributed by atoms with van der Waals surface area (Å²) in [7, 11) is 0. The third kappa shape index (κ3) is 15.2. The molecule has 0 heterocycles. The molecule has 0 aromatic heterocycles. The summed E-state index contributed by atoms with van der Waals surface area (Å²) in [6.45, 7) is 23.8. The Morgan fingerprint density at radius 3 is 0.714 bits per heavy atom. The molecule has 2 nitrogen and oxygen atoms in total. The minimum absolute atomic E-state index is 0.0639. The largest absolute Gasteiger partial charge is 0.310 e. The molecule has 2 heteroatoms. The van der Waals surface area contributed by atoms with Crippen LogP contribution in [-0.2, 0) is 39.9 Å². The van der Waals surface area contributed by atoms with Crippen LogP contribution < -0.4 is 9.80 Å². The van der Waals surface area contributed by atoms with E-state index in [9.17, 15) is 0 Å².